The highest BCUT2D eigenvalue weighted by atomic mass is 35.5. The molecule has 1 aliphatic carbocycles. The van der Waals surface area contributed by atoms with Crippen LogP contribution in [0.1, 0.15) is 61.9 Å². The topological polar surface area (TPSA) is 138 Å². The largest absolute Gasteiger partial charge is 0.455 e. The summed E-state index contributed by atoms with van der Waals surface area (Å²) in [5, 5.41) is 16.8. The van der Waals surface area contributed by atoms with Gasteiger partial charge in [0.05, 0.1) is 16.7 Å². The summed E-state index contributed by atoms with van der Waals surface area (Å²) in [5.41, 5.74) is 6.86. The molecule has 61 heavy (non-hydrogen) atoms. The molecule has 1 amide bonds. The Labute approximate surface area is 368 Å². The summed E-state index contributed by atoms with van der Waals surface area (Å²) in [6.45, 7) is 10.1. The smallest absolute Gasteiger partial charge is 0.293 e. The van der Waals surface area contributed by atoms with E-state index in [1.807, 2.05) is 42.6 Å². The number of nitro groups is 1. The van der Waals surface area contributed by atoms with E-state index in [0.717, 1.165) is 92.0 Å². The molecule has 16 heteroatoms. The van der Waals surface area contributed by atoms with E-state index in [2.05, 4.69) is 71.5 Å². The lowest BCUT2D eigenvalue weighted by atomic mass is 9.52. The monoisotopic (exact) mass is 859 g/mol. The van der Waals surface area contributed by atoms with Crippen LogP contribution in [0.15, 0.2) is 95.7 Å². The number of nitrogens with one attached hydrogen (secondary N) is 3. The third-order valence-electron chi connectivity index (χ3n) is 12.6. The maximum atomic E-state index is 13.9. The number of allylic oxidation sites excluding steroid dienone is 1. The number of hydrogen-bond donors (Lipinski definition) is 3. The maximum absolute atomic E-state index is 13.9. The zero-order valence-corrected chi connectivity index (χ0v) is 36.8. The van der Waals surface area contributed by atoms with Crippen LogP contribution in [0.2, 0.25) is 5.02 Å². The van der Waals surface area contributed by atoms with Crippen LogP contribution < -0.4 is 19.7 Å². The first-order valence-corrected chi connectivity index (χ1v) is 22.3. The predicted molar refractivity (Wildman–Crippen MR) is 251 cm³/mol. The van der Waals surface area contributed by atoms with Gasteiger partial charge in [-0.1, -0.05) is 43.2 Å². The molecular formula is C45H52B2ClN7O5S. The molecule has 12 nitrogen and oxygen atoms in total. The Balaban J connectivity index is 0.993. The first-order valence-electron chi connectivity index (χ1n) is 21.1. The van der Waals surface area contributed by atoms with Crippen molar-refractivity contribution in [1.82, 2.24) is 19.6 Å². The van der Waals surface area contributed by atoms with Gasteiger partial charge in [-0.15, -0.1) is 0 Å². The van der Waals surface area contributed by atoms with Gasteiger partial charge in [-0.25, -0.2) is 4.98 Å². The van der Waals surface area contributed by atoms with Crippen molar-refractivity contribution in [3.8, 4) is 11.5 Å². The van der Waals surface area contributed by atoms with Crippen molar-refractivity contribution in [2.45, 2.75) is 56.2 Å². The molecule has 2 aliphatic heterocycles. The van der Waals surface area contributed by atoms with Gasteiger partial charge >= 0.3 is 0 Å². The maximum Gasteiger partial charge on any atom is 0.293 e. The van der Waals surface area contributed by atoms with Crippen LogP contribution in [0.25, 0.3) is 16.6 Å². The second-order valence-electron chi connectivity index (χ2n) is 17.6. The Hall–Kier alpha value is -4.95. The minimum absolute atomic E-state index is 0.0442. The number of aromatic nitrogens is 2. The summed E-state index contributed by atoms with van der Waals surface area (Å²) in [7, 11) is 4.74. The zero-order valence-electron chi connectivity index (χ0n) is 35.3. The van der Waals surface area contributed by atoms with E-state index >= 15 is 0 Å². The van der Waals surface area contributed by atoms with Crippen molar-refractivity contribution >= 4 is 78.8 Å². The normalized spacial score (nSPS) is 17.7. The number of amides is 1. The molecule has 3 aliphatic rings. The van der Waals surface area contributed by atoms with Crippen LogP contribution in [0, 0.1) is 21.4 Å². The predicted octanol–water partition coefficient (Wildman–Crippen LogP) is 7.90. The minimum Gasteiger partial charge on any atom is -0.455 e. The molecule has 0 saturated carbocycles. The van der Waals surface area contributed by atoms with Gasteiger partial charge < -0.3 is 29.6 Å². The average Bonchev–Trinajstić information content (AvgIpc) is 3.73. The first kappa shape index (κ1) is 42.7. The molecule has 0 atom stereocenters. The van der Waals surface area contributed by atoms with E-state index in [1.165, 1.54) is 22.8 Å². The third kappa shape index (κ3) is 9.91. The molecule has 4 heterocycles. The van der Waals surface area contributed by atoms with Crippen molar-refractivity contribution in [3.05, 3.63) is 117 Å². The molecule has 2 fully saturated rings. The fraction of sp³-hybridized carbons (Fsp3) is 0.378. The number of anilines is 2. The standard InChI is InChI=1S/C45H52B2ClN7O5S/c1-44(2)15-11-38(37(26-44)30-3-5-32(48)6-4-30)45(46,47)54-19-17-53(18-20-54)33-7-9-36(41(24-33)60-34-23-31-12-16-49-42(31)51-28-34)43(56)52-61-35-8-10-39(40(25-35)55(57)58)50-27-29-13-21-59-22-14-29/h3-10,12,16,23-25,28-29,50H,11,13-15,17-22,26-27,46-47H2,1-2H3,(H,49,51)(H,52,56). The Kier molecular flexibility index (Phi) is 12.7. The van der Waals surface area contributed by atoms with Crippen molar-refractivity contribution in [2.24, 2.45) is 11.3 Å². The van der Waals surface area contributed by atoms with Gasteiger partial charge in [0.1, 0.15) is 38.5 Å². The van der Waals surface area contributed by atoms with E-state index in [0.29, 0.717) is 53.3 Å². The van der Waals surface area contributed by atoms with Crippen molar-refractivity contribution in [3.63, 3.8) is 0 Å². The number of pyridine rings is 1. The summed E-state index contributed by atoms with van der Waals surface area (Å²) in [6, 6.07) is 22.8. The van der Waals surface area contributed by atoms with Crippen molar-refractivity contribution < 1.29 is 19.2 Å². The van der Waals surface area contributed by atoms with Crippen molar-refractivity contribution in [1.29, 1.82) is 0 Å². The summed E-state index contributed by atoms with van der Waals surface area (Å²) < 4.78 is 14.8. The quantitative estimate of drug-likeness (QED) is 0.0464. The van der Waals surface area contributed by atoms with E-state index in [9.17, 15) is 14.9 Å². The molecule has 0 unspecified atom stereocenters. The number of ether oxygens (including phenoxy) is 2. The van der Waals surface area contributed by atoms with Gasteiger partial charge in [0.2, 0.25) is 0 Å². The third-order valence-corrected chi connectivity index (χ3v) is 13.6. The number of hydrogen-bond acceptors (Lipinski definition) is 10. The number of halogens is 1. The molecule has 3 N–H and O–H groups in total. The van der Waals surface area contributed by atoms with Crippen LogP contribution in [-0.2, 0) is 4.74 Å². The fourth-order valence-corrected chi connectivity index (χ4v) is 9.68. The number of nitrogens with zero attached hydrogens (tertiary/aromatic N) is 4. The Bertz CT molecular complexity index is 2430. The number of carbonyl (C=O) groups excluding carboxylic acids is 1. The van der Waals surface area contributed by atoms with Crippen LogP contribution in [-0.4, -0.2) is 92.7 Å². The Morgan fingerprint density at radius 3 is 2.59 bits per heavy atom. The Morgan fingerprint density at radius 1 is 1.07 bits per heavy atom. The number of piperazine rings is 1. The fourth-order valence-electron chi connectivity index (χ4n) is 8.93. The van der Waals surface area contributed by atoms with E-state index in [4.69, 9.17) is 21.1 Å². The Morgan fingerprint density at radius 2 is 1.84 bits per heavy atom. The minimum atomic E-state index is -0.397. The number of H-pyrrole nitrogens is 1. The second kappa shape index (κ2) is 18.2. The summed E-state index contributed by atoms with van der Waals surface area (Å²) in [4.78, 5) is 38.7. The summed E-state index contributed by atoms with van der Waals surface area (Å²) >= 11 is 7.33. The number of rotatable bonds is 13. The lowest BCUT2D eigenvalue weighted by molar-refractivity contribution is -0.384. The zero-order chi connectivity index (χ0) is 42.7. The average molecular weight is 860 g/mol. The van der Waals surface area contributed by atoms with Gasteiger partial charge in [0, 0.05) is 85.3 Å². The number of fused-ring (bicyclic) bond motifs is 1. The summed E-state index contributed by atoms with van der Waals surface area (Å²) in [6.07, 6.45) is 8.54. The van der Waals surface area contributed by atoms with Crippen molar-refractivity contribution in [2.75, 3.05) is 56.2 Å². The van der Waals surface area contributed by atoms with Crippen LogP contribution in [0.3, 0.4) is 0 Å². The molecule has 2 saturated heterocycles. The molecular weight excluding hydrogens is 808 g/mol. The molecule has 316 valence electrons. The molecule has 3 aromatic carbocycles. The molecule has 8 rings (SSSR count). The molecule has 5 aromatic rings. The van der Waals surface area contributed by atoms with Gasteiger partial charge in [-0.05, 0) is 120 Å². The van der Waals surface area contributed by atoms with Gasteiger partial charge in [-0.3, -0.25) is 19.6 Å². The summed E-state index contributed by atoms with van der Waals surface area (Å²) in [5.74, 6) is 0.890. The van der Waals surface area contributed by atoms with E-state index in [1.54, 1.807) is 24.4 Å². The lowest BCUT2D eigenvalue weighted by Crippen LogP contribution is -2.59. The number of benzene rings is 3. The van der Waals surface area contributed by atoms with E-state index in [-0.39, 0.29) is 16.4 Å². The SMILES string of the molecule is BC(B)(C1=C(c2ccc(Cl)cc2)CC(C)(C)CC1)N1CCN(c2ccc(C(=O)NSc3ccc(NCC4CCOCC4)c([N+](=O)[O-])c3)c(Oc3cnc4[nH]ccc4c3)c2)CC1. The van der Waals surface area contributed by atoms with Crippen LogP contribution in [0.5, 0.6) is 11.5 Å². The van der Waals surface area contributed by atoms with Gasteiger partial charge in [-0.2, -0.15) is 0 Å². The highest BCUT2D eigenvalue weighted by molar-refractivity contribution is 7.98. The number of carbonyl (C=O) groups is 1. The molecule has 0 spiro atoms. The molecule has 0 radical (unpaired) electrons. The van der Waals surface area contributed by atoms with Crippen LogP contribution in [0.4, 0.5) is 17.1 Å². The number of nitro benzene ring substituents is 1. The van der Waals surface area contributed by atoms with E-state index < -0.39 is 10.8 Å². The highest BCUT2D eigenvalue weighted by Gasteiger charge is 2.39. The lowest BCUT2D eigenvalue weighted by Gasteiger charge is -2.49. The van der Waals surface area contributed by atoms with Crippen LogP contribution >= 0.6 is 23.5 Å². The second-order valence-corrected chi connectivity index (χ2v) is 18.9. The highest BCUT2D eigenvalue weighted by Crippen LogP contribution is 2.46. The number of aromatic amines is 1. The molecule has 0 bridgehead atoms. The molecule has 2 aromatic heterocycles. The van der Waals surface area contributed by atoms with Gasteiger partial charge in [0.25, 0.3) is 11.6 Å². The first-order chi connectivity index (χ1) is 29.3. The van der Waals surface area contributed by atoms with Gasteiger partial charge in [0.15, 0.2) is 0 Å².